The molecule has 14 heavy (non-hydrogen) atoms. The molecule has 0 amide bonds. The quantitative estimate of drug-likeness (QED) is 0.646. The first-order valence-electron chi connectivity index (χ1n) is 4.99. The fourth-order valence-corrected chi connectivity index (χ4v) is 0.768. The lowest BCUT2D eigenvalue weighted by molar-refractivity contribution is -0.0580. The summed E-state index contributed by atoms with van der Waals surface area (Å²) in [5.74, 6) is -0.719. The van der Waals surface area contributed by atoms with Crippen LogP contribution >= 0.6 is 0 Å². The number of hydrogen-bond acceptors (Lipinski definition) is 4. The predicted molar refractivity (Wildman–Crippen MR) is 61.8 cm³/mol. The average molecular weight is 204 g/mol. The van der Waals surface area contributed by atoms with Gasteiger partial charge in [-0.2, -0.15) is 0 Å². The molecule has 0 aromatic carbocycles. The average Bonchev–Trinajstić information content (AvgIpc) is 2.04. The highest BCUT2D eigenvalue weighted by molar-refractivity contribution is 4.70. The molecule has 4 heteroatoms. The first-order chi connectivity index (χ1) is 6.41. The van der Waals surface area contributed by atoms with Gasteiger partial charge in [-0.05, 0) is 41.5 Å². The molecular weight excluding hydrogens is 178 g/mol. The molecule has 0 rings (SSSR count). The molecule has 0 spiro atoms. The second-order valence-electron chi connectivity index (χ2n) is 3.44. The number of rotatable bonds is 5. The summed E-state index contributed by atoms with van der Waals surface area (Å²) >= 11 is 0. The summed E-state index contributed by atoms with van der Waals surface area (Å²) in [5, 5.41) is 3.00. The van der Waals surface area contributed by atoms with Gasteiger partial charge in [0.15, 0.2) is 5.85 Å². The summed E-state index contributed by atoms with van der Waals surface area (Å²) in [6, 6.07) is 0. The molecule has 0 bridgehead atoms. The van der Waals surface area contributed by atoms with Crippen LogP contribution in [0, 0.1) is 6.92 Å². The van der Waals surface area contributed by atoms with E-state index >= 15 is 0 Å². The molecule has 1 atom stereocenters. The molecule has 0 aliphatic rings. The molecule has 0 aliphatic carbocycles. The van der Waals surface area contributed by atoms with Crippen LogP contribution < -0.4 is 11.1 Å². The van der Waals surface area contributed by atoms with E-state index in [2.05, 4.69) is 12.2 Å². The lowest BCUT2D eigenvalue weighted by Gasteiger charge is -2.28. The van der Waals surface area contributed by atoms with Crippen molar-refractivity contribution >= 4 is 0 Å². The molecule has 0 saturated heterocycles. The first-order valence-corrected chi connectivity index (χ1v) is 4.99. The van der Waals surface area contributed by atoms with Gasteiger partial charge in [-0.15, -0.1) is 0 Å². The SMILES string of the molecule is CN(C)C.[CH2]CC(N)(NCC)OCC. The van der Waals surface area contributed by atoms with Gasteiger partial charge in [0, 0.05) is 13.0 Å². The molecule has 0 heterocycles. The molecule has 0 aromatic rings. The Morgan fingerprint density at radius 2 is 1.79 bits per heavy atom. The fraction of sp³-hybridized carbons (Fsp3) is 0.900. The summed E-state index contributed by atoms with van der Waals surface area (Å²) in [5.41, 5.74) is 5.72. The minimum atomic E-state index is -0.719. The van der Waals surface area contributed by atoms with Crippen LogP contribution in [0.2, 0.25) is 0 Å². The van der Waals surface area contributed by atoms with Crippen LogP contribution in [0.5, 0.6) is 0 Å². The Kier molecular flexibility index (Phi) is 10.9. The zero-order valence-electron chi connectivity index (χ0n) is 10.3. The van der Waals surface area contributed by atoms with Gasteiger partial charge in [0.25, 0.3) is 0 Å². The Bertz CT molecular complexity index is 109. The van der Waals surface area contributed by atoms with Gasteiger partial charge in [0.2, 0.25) is 0 Å². The van der Waals surface area contributed by atoms with E-state index in [1.54, 1.807) is 0 Å². The Labute approximate surface area is 88.8 Å². The molecule has 4 nitrogen and oxygen atoms in total. The molecule has 3 N–H and O–H groups in total. The predicted octanol–water partition coefficient (Wildman–Crippen LogP) is 0.647. The molecule has 1 unspecified atom stereocenters. The Morgan fingerprint density at radius 1 is 1.36 bits per heavy atom. The van der Waals surface area contributed by atoms with E-state index < -0.39 is 5.85 Å². The van der Waals surface area contributed by atoms with Crippen molar-refractivity contribution in [3.05, 3.63) is 6.92 Å². The van der Waals surface area contributed by atoms with Crippen LogP contribution in [0.3, 0.4) is 0 Å². The summed E-state index contributed by atoms with van der Waals surface area (Å²) in [6.45, 7) is 8.98. The van der Waals surface area contributed by atoms with E-state index in [9.17, 15) is 0 Å². The second-order valence-corrected chi connectivity index (χ2v) is 3.44. The Morgan fingerprint density at radius 3 is 2.00 bits per heavy atom. The smallest absolute Gasteiger partial charge is 0.172 e. The van der Waals surface area contributed by atoms with Crippen molar-refractivity contribution in [2.75, 3.05) is 34.3 Å². The second kappa shape index (κ2) is 9.40. The number of nitrogens with one attached hydrogen (secondary N) is 1. The van der Waals surface area contributed by atoms with Gasteiger partial charge in [0.05, 0.1) is 0 Å². The van der Waals surface area contributed by atoms with Crippen LogP contribution in [-0.4, -0.2) is 45.0 Å². The van der Waals surface area contributed by atoms with Crippen LogP contribution in [-0.2, 0) is 4.74 Å². The highest BCUT2D eigenvalue weighted by Crippen LogP contribution is 2.02. The minimum absolute atomic E-state index is 0.536. The van der Waals surface area contributed by atoms with E-state index in [1.165, 1.54) is 0 Å². The van der Waals surface area contributed by atoms with E-state index in [4.69, 9.17) is 10.5 Å². The number of nitrogens with zero attached hydrogens (tertiary/aromatic N) is 1. The lowest BCUT2D eigenvalue weighted by atomic mass is 10.3. The van der Waals surface area contributed by atoms with Gasteiger partial charge in [-0.1, -0.05) is 6.92 Å². The summed E-state index contributed by atoms with van der Waals surface area (Å²) in [6.07, 6.45) is 0.536. The Balaban J connectivity index is 0. The van der Waals surface area contributed by atoms with Gasteiger partial charge in [0.1, 0.15) is 0 Å². The van der Waals surface area contributed by atoms with Gasteiger partial charge >= 0.3 is 0 Å². The molecule has 0 fully saturated rings. The number of hydrogen-bond donors (Lipinski definition) is 2. The van der Waals surface area contributed by atoms with E-state index in [0.717, 1.165) is 6.54 Å². The number of ether oxygens (including phenoxy) is 1. The maximum absolute atomic E-state index is 5.72. The molecule has 1 radical (unpaired) electrons. The van der Waals surface area contributed by atoms with Crippen molar-refractivity contribution in [3.63, 3.8) is 0 Å². The standard InChI is InChI=1S/C7H17N2O.C3H9N/c1-4-7(8,9-5-2)10-6-3;1-4(2)3/h9H,1,4-6,8H2,2-3H3;1-3H3. The van der Waals surface area contributed by atoms with Crippen LogP contribution in [0.1, 0.15) is 20.3 Å². The lowest BCUT2D eigenvalue weighted by Crippen LogP contribution is -2.55. The van der Waals surface area contributed by atoms with Crippen LogP contribution in [0.4, 0.5) is 0 Å². The van der Waals surface area contributed by atoms with Crippen LogP contribution in [0.15, 0.2) is 0 Å². The molecular formula is C10H26N3O. The van der Waals surface area contributed by atoms with E-state index in [-0.39, 0.29) is 0 Å². The maximum atomic E-state index is 5.72. The summed E-state index contributed by atoms with van der Waals surface area (Å²) in [7, 11) is 6.00. The minimum Gasteiger partial charge on any atom is -0.348 e. The summed E-state index contributed by atoms with van der Waals surface area (Å²) < 4.78 is 5.22. The van der Waals surface area contributed by atoms with Crippen molar-refractivity contribution < 1.29 is 4.74 Å². The third-order valence-electron chi connectivity index (χ3n) is 1.25. The van der Waals surface area contributed by atoms with E-state index in [1.807, 2.05) is 39.9 Å². The largest absolute Gasteiger partial charge is 0.348 e. The maximum Gasteiger partial charge on any atom is 0.172 e. The Hall–Kier alpha value is -0.160. The molecule has 0 aliphatic heterocycles. The van der Waals surface area contributed by atoms with Crippen molar-refractivity contribution in [3.8, 4) is 0 Å². The zero-order chi connectivity index (χ0) is 11.6. The normalized spacial score (nSPS) is 14.6. The first kappa shape index (κ1) is 16.3. The van der Waals surface area contributed by atoms with Crippen molar-refractivity contribution in [1.29, 1.82) is 0 Å². The molecule has 0 aromatic heterocycles. The fourth-order valence-electron chi connectivity index (χ4n) is 0.768. The third kappa shape index (κ3) is 11.8. The van der Waals surface area contributed by atoms with Crippen molar-refractivity contribution in [2.45, 2.75) is 26.1 Å². The molecule has 0 saturated carbocycles. The monoisotopic (exact) mass is 204 g/mol. The molecule has 87 valence electrons. The van der Waals surface area contributed by atoms with Crippen LogP contribution in [0.25, 0.3) is 0 Å². The van der Waals surface area contributed by atoms with Gasteiger partial charge in [-0.3, -0.25) is 11.1 Å². The summed E-state index contributed by atoms with van der Waals surface area (Å²) in [4.78, 5) is 2.00. The topological polar surface area (TPSA) is 50.5 Å². The van der Waals surface area contributed by atoms with Gasteiger partial charge < -0.3 is 9.64 Å². The zero-order valence-corrected chi connectivity index (χ0v) is 10.3. The van der Waals surface area contributed by atoms with Crippen molar-refractivity contribution in [1.82, 2.24) is 10.2 Å². The van der Waals surface area contributed by atoms with Crippen molar-refractivity contribution in [2.24, 2.45) is 5.73 Å². The third-order valence-corrected chi connectivity index (χ3v) is 1.25. The highest BCUT2D eigenvalue weighted by Gasteiger charge is 2.19. The number of nitrogens with two attached hydrogens (primary N) is 1. The highest BCUT2D eigenvalue weighted by atomic mass is 16.5. The van der Waals surface area contributed by atoms with Gasteiger partial charge in [-0.25, -0.2) is 0 Å². The van der Waals surface area contributed by atoms with E-state index in [0.29, 0.717) is 13.0 Å².